The van der Waals surface area contributed by atoms with E-state index >= 15 is 0 Å². The maximum Gasteiger partial charge on any atom is 0.248 e. The molecule has 8 heteroatoms. The Morgan fingerprint density at radius 3 is 2.90 bits per heavy atom. The molecule has 1 saturated heterocycles. The van der Waals surface area contributed by atoms with Gasteiger partial charge in [0.25, 0.3) is 0 Å². The Balaban J connectivity index is 1.45. The van der Waals surface area contributed by atoms with Crippen LogP contribution in [0.1, 0.15) is 17.8 Å². The maximum atomic E-state index is 12.6. The van der Waals surface area contributed by atoms with E-state index in [2.05, 4.69) is 10.3 Å². The number of hydrogen-bond donors (Lipinski definition) is 1. The number of ether oxygens (including phenoxy) is 2. The molecule has 0 unspecified atom stereocenters. The molecule has 1 aliphatic heterocycles. The van der Waals surface area contributed by atoms with Crippen molar-refractivity contribution >= 4 is 23.2 Å². The molecule has 0 bridgehead atoms. The van der Waals surface area contributed by atoms with Gasteiger partial charge in [0.1, 0.15) is 11.6 Å². The third-order valence-electron chi connectivity index (χ3n) is 4.84. The molecule has 1 aromatic heterocycles. The Morgan fingerprint density at radius 1 is 1.28 bits per heavy atom. The van der Waals surface area contributed by atoms with Gasteiger partial charge in [-0.2, -0.15) is 0 Å². The van der Waals surface area contributed by atoms with Gasteiger partial charge in [0.05, 0.1) is 31.4 Å². The van der Waals surface area contributed by atoms with Crippen LogP contribution in [0.15, 0.2) is 35.7 Å². The molecular weight excluding hydrogens is 390 g/mol. The monoisotopic (exact) mass is 417 g/mol. The summed E-state index contributed by atoms with van der Waals surface area (Å²) >= 11 is 1.53. The first-order valence-corrected chi connectivity index (χ1v) is 10.7. The normalized spacial score (nSPS) is 16.6. The molecule has 156 valence electrons. The molecule has 2 amide bonds. The summed E-state index contributed by atoms with van der Waals surface area (Å²) in [6.07, 6.45) is 1.60. The van der Waals surface area contributed by atoms with Crippen LogP contribution in [0.5, 0.6) is 0 Å². The molecule has 29 heavy (non-hydrogen) atoms. The van der Waals surface area contributed by atoms with Gasteiger partial charge < -0.3 is 19.7 Å². The standard InChI is InChI=1S/C21H27N3O4S/c1-27-10-11-28-14-20(25)24-9-5-8-17(13-24)21(26)22-12-19-23-18(15-29-19)16-6-3-2-4-7-16/h2-4,6-7,15,17H,5,8-14H2,1H3,(H,22,26)/t17-/m0/s1. The molecule has 1 fully saturated rings. The number of piperidine rings is 1. The van der Waals surface area contributed by atoms with E-state index in [1.165, 1.54) is 11.3 Å². The molecule has 2 aromatic rings. The summed E-state index contributed by atoms with van der Waals surface area (Å²) in [7, 11) is 1.59. The van der Waals surface area contributed by atoms with Gasteiger partial charge in [-0.3, -0.25) is 9.59 Å². The zero-order chi connectivity index (χ0) is 20.5. The highest BCUT2D eigenvalue weighted by Gasteiger charge is 2.28. The first-order chi connectivity index (χ1) is 14.2. The summed E-state index contributed by atoms with van der Waals surface area (Å²) in [5, 5.41) is 5.85. The van der Waals surface area contributed by atoms with Crippen molar-refractivity contribution in [3.63, 3.8) is 0 Å². The first-order valence-electron chi connectivity index (χ1n) is 9.79. The first kappa shape index (κ1) is 21.4. The van der Waals surface area contributed by atoms with Gasteiger partial charge in [-0.05, 0) is 12.8 Å². The van der Waals surface area contributed by atoms with E-state index in [0.717, 1.165) is 29.1 Å². The van der Waals surface area contributed by atoms with Crippen LogP contribution in [-0.2, 0) is 25.6 Å². The van der Waals surface area contributed by atoms with Crippen LogP contribution in [0.2, 0.25) is 0 Å². The molecule has 1 atom stereocenters. The van der Waals surface area contributed by atoms with Gasteiger partial charge in [0.2, 0.25) is 11.8 Å². The number of aromatic nitrogens is 1. The minimum Gasteiger partial charge on any atom is -0.382 e. The Morgan fingerprint density at radius 2 is 2.10 bits per heavy atom. The van der Waals surface area contributed by atoms with Crippen LogP contribution in [0, 0.1) is 5.92 Å². The van der Waals surface area contributed by atoms with Crippen LogP contribution in [0.4, 0.5) is 0 Å². The minimum absolute atomic E-state index is 0.0269. The van der Waals surface area contributed by atoms with E-state index in [9.17, 15) is 9.59 Å². The number of thiazole rings is 1. The Hall–Kier alpha value is -2.29. The number of rotatable bonds is 9. The van der Waals surface area contributed by atoms with Crippen LogP contribution < -0.4 is 5.32 Å². The number of nitrogens with zero attached hydrogens (tertiary/aromatic N) is 2. The third kappa shape index (κ3) is 6.35. The fourth-order valence-electron chi connectivity index (χ4n) is 3.25. The van der Waals surface area contributed by atoms with E-state index < -0.39 is 0 Å². The zero-order valence-electron chi connectivity index (χ0n) is 16.6. The molecule has 1 aliphatic rings. The second kappa shape index (κ2) is 11.0. The Bertz CT molecular complexity index is 796. The average Bonchev–Trinajstić information content (AvgIpc) is 3.25. The van der Waals surface area contributed by atoms with Crippen LogP contribution >= 0.6 is 11.3 Å². The van der Waals surface area contributed by atoms with E-state index in [-0.39, 0.29) is 24.3 Å². The predicted molar refractivity (Wildman–Crippen MR) is 111 cm³/mol. The summed E-state index contributed by atoms with van der Waals surface area (Å²) < 4.78 is 10.2. The summed E-state index contributed by atoms with van der Waals surface area (Å²) in [6.45, 7) is 2.38. The summed E-state index contributed by atoms with van der Waals surface area (Å²) in [6, 6.07) is 9.97. The number of benzene rings is 1. The molecule has 1 aromatic carbocycles. The summed E-state index contributed by atoms with van der Waals surface area (Å²) in [4.78, 5) is 31.2. The zero-order valence-corrected chi connectivity index (χ0v) is 17.5. The second-order valence-corrected chi connectivity index (χ2v) is 7.88. The number of hydrogen-bond acceptors (Lipinski definition) is 6. The molecule has 0 saturated carbocycles. The molecule has 0 spiro atoms. The molecule has 0 aliphatic carbocycles. The second-order valence-electron chi connectivity index (χ2n) is 6.93. The Labute approximate surface area is 175 Å². The van der Waals surface area contributed by atoms with Gasteiger partial charge in [0, 0.05) is 31.1 Å². The highest BCUT2D eigenvalue weighted by molar-refractivity contribution is 7.09. The number of methoxy groups -OCH3 is 1. The van der Waals surface area contributed by atoms with Gasteiger partial charge in [-0.1, -0.05) is 30.3 Å². The lowest BCUT2D eigenvalue weighted by Crippen LogP contribution is -2.46. The van der Waals surface area contributed by atoms with Crippen LogP contribution in [0.3, 0.4) is 0 Å². The maximum absolute atomic E-state index is 12.6. The van der Waals surface area contributed by atoms with Crippen molar-refractivity contribution in [1.82, 2.24) is 15.2 Å². The molecule has 3 rings (SSSR count). The van der Waals surface area contributed by atoms with Crippen molar-refractivity contribution in [2.45, 2.75) is 19.4 Å². The fourth-order valence-corrected chi connectivity index (χ4v) is 3.99. The van der Waals surface area contributed by atoms with Crippen molar-refractivity contribution in [3.8, 4) is 11.3 Å². The van der Waals surface area contributed by atoms with E-state index in [1.54, 1.807) is 12.0 Å². The molecule has 1 N–H and O–H groups in total. The van der Waals surface area contributed by atoms with Gasteiger partial charge in [-0.25, -0.2) is 4.98 Å². The number of amides is 2. The van der Waals surface area contributed by atoms with Crippen molar-refractivity contribution in [2.75, 3.05) is 40.0 Å². The van der Waals surface area contributed by atoms with Gasteiger partial charge in [-0.15, -0.1) is 11.3 Å². The van der Waals surface area contributed by atoms with Gasteiger partial charge >= 0.3 is 0 Å². The topological polar surface area (TPSA) is 80.8 Å². The van der Waals surface area contributed by atoms with Crippen molar-refractivity contribution in [2.24, 2.45) is 5.92 Å². The van der Waals surface area contributed by atoms with Crippen molar-refractivity contribution in [3.05, 3.63) is 40.7 Å². The van der Waals surface area contributed by atoms with Gasteiger partial charge in [0.15, 0.2) is 0 Å². The number of carbonyl (C=O) groups excluding carboxylic acids is 2. The van der Waals surface area contributed by atoms with E-state index in [4.69, 9.17) is 9.47 Å². The highest BCUT2D eigenvalue weighted by Crippen LogP contribution is 2.22. The Kier molecular flexibility index (Phi) is 8.15. The number of likely N-dealkylation sites (tertiary alicyclic amines) is 1. The SMILES string of the molecule is COCCOCC(=O)N1CCC[C@H](C(=O)NCc2nc(-c3ccccc3)cs2)C1. The average molecular weight is 418 g/mol. The lowest BCUT2D eigenvalue weighted by Gasteiger charge is -2.32. The third-order valence-corrected chi connectivity index (χ3v) is 5.69. The lowest BCUT2D eigenvalue weighted by atomic mass is 9.97. The minimum atomic E-state index is -0.194. The summed E-state index contributed by atoms with van der Waals surface area (Å²) in [5.41, 5.74) is 1.98. The van der Waals surface area contributed by atoms with Crippen LogP contribution in [0.25, 0.3) is 11.3 Å². The molecule has 2 heterocycles. The smallest absolute Gasteiger partial charge is 0.248 e. The van der Waals surface area contributed by atoms with Crippen molar-refractivity contribution in [1.29, 1.82) is 0 Å². The fraction of sp³-hybridized carbons (Fsp3) is 0.476. The van der Waals surface area contributed by atoms with Crippen LogP contribution in [-0.4, -0.2) is 61.7 Å². The molecule has 7 nitrogen and oxygen atoms in total. The largest absolute Gasteiger partial charge is 0.382 e. The summed E-state index contributed by atoms with van der Waals surface area (Å²) in [5.74, 6) is -0.300. The molecule has 0 radical (unpaired) electrons. The quantitative estimate of drug-likeness (QED) is 0.634. The number of carbonyl (C=O) groups is 2. The van der Waals surface area contributed by atoms with E-state index in [0.29, 0.717) is 32.8 Å². The lowest BCUT2D eigenvalue weighted by molar-refractivity contribution is -0.140. The number of nitrogens with one attached hydrogen (secondary N) is 1. The highest BCUT2D eigenvalue weighted by atomic mass is 32.1. The van der Waals surface area contributed by atoms with E-state index in [1.807, 2.05) is 35.7 Å². The van der Waals surface area contributed by atoms with Crippen molar-refractivity contribution < 1.29 is 19.1 Å². The molecular formula is C21H27N3O4S. The predicted octanol–water partition coefficient (Wildman–Crippen LogP) is 2.33.